The lowest BCUT2D eigenvalue weighted by Crippen LogP contribution is -2.32. The lowest BCUT2D eigenvalue weighted by molar-refractivity contribution is -0.116. The number of benzene rings is 2. The molecule has 2 aromatic heterocycles. The third kappa shape index (κ3) is 4.64. The average molecular weight is 538 g/mol. The third-order valence-electron chi connectivity index (χ3n) is 5.72. The van der Waals surface area contributed by atoms with Gasteiger partial charge < -0.3 is 15.5 Å². The second-order valence-corrected chi connectivity index (χ2v) is 10.1. The molecule has 0 bridgehead atoms. The Balaban J connectivity index is 1.35. The van der Waals surface area contributed by atoms with Gasteiger partial charge in [-0.1, -0.05) is 42.5 Å². The number of halogens is 1. The van der Waals surface area contributed by atoms with E-state index in [1.807, 2.05) is 60.7 Å². The average Bonchev–Trinajstić information content (AvgIpc) is 3.41. The zero-order valence-electron chi connectivity index (χ0n) is 17.6. The molecular weight excluding hydrogens is 516 g/mol. The first-order valence-corrected chi connectivity index (χ1v) is 12.7. The van der Waals surface area contributed by atoms with Crippen LogP contribution in [0.4, 0.5) is 5.69 Å². The minimum absolute atomic E-state index is 0.0333. The third-order valence-corrected chi connectivity index (χ3v) is 7.84. The summed E-state index contributed by atoms with van der Waals surface area (Å²) in [6.45, 7) is 0.506. The Morgan fingerprint density at radius 3 is 2.76 bits per heavy atom. The van der Waals surface area contributed by atoms with Gasteiger partial charge in [0.1, 0.15) is 0 Å². The number of pyridine rings is 1. The molecule has 0 spiro atoms. The maximum absolute atomic E-state index is 12.9. The first kappa shape index (κ1) is 22.0. The molecule has 0 aliphatic carbocycles. The van der Waals surface area contributed by atoms with E-state index < -0.39 is 0 Å². The quantitative estimate of drug-likeness (QED) is 0.293. The Morgan fingerprint density at radius 2 is 1.97 bits per heavy atom. The Morgan fingerprint density at radius 1 is 1.15 bits per heavy atom. The zero-order chi connectivity index (χ0) is 22.8. The number of carbonyl (C=O) groups excluding carboxylic acids is 1. The maximum Gasteiger partial charge on any atom is 0.226 e. The number of anilines is 1. The van der Waals surface area contributed by atoms with Crippen molar-refractivity contribution in [2.75, 3.05) is 11.9 Å². The summed E-state index contributed by atoms with van der Waals surface area (Å²) in [6.07, 6.45) is 2.12. The zero-order valence-corrected chi connectivity index (χ0v) is 20.8. The van der Waals surface area contributed by atoms with Gasteiger partial charge in [-0.2, -0.15) is 0 Å². The van der Waals surface area contributed by atoms with Crippen LogP contribution in [0, 0.1) is 0 Å². The summed E-state index contributed by atoms with van der Waals surface area (Å²) in [6, 6.07) is 21.9. The summed E-state index contributed by atoms with van der Waals surface area (Å²) in [5, 5.41) is 11.3. The van der Waals surface area contributed by atoms with Crippen molar-refractivity contribution in [1.29, 1.82) is 0 Å². The van der Waals surface area contributed by atoms with Crippen LogP contribution in [0.2, 0.25) is 0 Å². The summed E-state index contributed by atoms with van der Waals surface area (Å²) in [5.41, 5.74) is 1.75. The minimum atomic E-state index is -0.0784. The number of rotatable bonds is 6. The molecule has 1 aliphatic rings. The van der Waals surface area contributed by atoms with E-state index in [-0.39, 0.29) is 18.0 Å². The number of thiophene rings is 1. The molecule has 1 amide bonds. The number of nitrogens with one attached hydrogen (secondary N) is 2. The van der Waals surface area contributed by atoms with Crippen molar-refractivity contribution in [3.63, 3.8) is 0 Å². The molecule has 1 fully saturated rings. The first-order valence-electron chi connectivity index (χ1n) is 10.6. The molecule has 2 aromatic carbocycles. The summed E-state index contributed by atoms with van der Waals surface area (Å²) in [7, 11) is 0. The lowest BCUT2D eigenvalue weighted by atomic mass is 10.0. The van der Waals surface area contributed by atoms with Crippen molar-refractivity contribution >= 4 is 67.0 Å². The van der Waals surface area contributed by atoms with Crippen LogP contribution in [0.15, 0.2) is 82.8 Å². The summed E-state index contributed by atoms with van der Waals surface area (Å²) < 4.78 is 1.04. The summed E-state index contributed by atoms with van der Waals surface area (Å²) >= 11 is 10.9. The molecule has 2 atom stereocenters. The standard InChI is InChI=1S/C25H21BrN4OS2/c26-17-14-21(33-15-17)24-23(20-9-3-4-12-27-20)29-25(32)30(24)13-11-22(31)28-19-10-5-7-16-6-1-2-8-18(16)19/h1-10,12,14-15,23-24H,11,13H2,(H,28,31)(H,29,32)/t23-,24+/m1/s1. The van der Waals surface area contributed by atoms with Gasteiger partial charge in [-0.05, 0) is 57.8 Å². The van der Waals surface area contributed by atoms with Crippen LogP contribution in [0.1, 0.15) is 29.1 Å². The van der Waals surface area contributed by atoms with Gasteiger partial charge in [-0.25, -0.2) is 0 Å². The van der Waals surface area contributed by atoms with E-state index in [1.54, 1.807) is 17.5 Å². The van der Waals surface area contributed by atoms with Crippen molar-refractivity contribution in [2.45, 2.75) is 18.5 Å². The smallest absolute Gasteiger partial charge is 0.226 e. The van der Waals surface area contributed by atoms with E-state index in [4.69, 9.17) is 12.2 Å². The van der Waals surface area contributed by atoms with Crippen LogP contribution in [-0.2, 0) is 4.79 Å². The highest BCUT2D eigenvalue weighted by molar-refractivity contribution is 9.10. The van der Waals surface area contributed by atoms with Crippen LogP contribution in [-0.4, -0.2) is 27.4 Å². The lowest BCUT2D eigenvalue weighted by Gasteiger charge is -2.26. The number of hydrogen-bond acceptors (Lipinski definition) is 4. The summed E-state index contributed by atoms with van der Waals surface area (Å²) in [4.78, 5) is 20.7. The molecule has 0 radical (unpaired) electrons. The number of nitrogens with zero attached hydrogens (tertiary/aromatic N) is 2. The second kappa shape index (κ2) is 9.59. The first-order chi connectivity index (χ1) is 16.1. The van der Waals surface area contributed by atoms with Gasteiger partial charge in [0, 0.05) is 45.0 Å². The van der Waals surface area contributed by atoms with Gasteiger partial charge in [0.2, 0.25) is 5.91 Å². The normalized spacial score (nSPS) is 17.8. The number of amides is 1. The second-order valence-electron chi connectivity index (χ2n) is 7.81. The SMILES string of the molecule is O=C(CCN1C(=S)N[C@H](c2ccccn2)[C@@H]1c1cc(Br)cs1)Nc1cccc2ccccc12. The van der Waals surface area contributed by atoms with Gasteiger partial charge in [0.15, 0.2) is 5.11 Å². The summed E-state index contributed by atoms with van der Waals surface area (Å²) in [5.74, 6) is -0.0402. The molecule has 0 saturated carbocycles. The van der Waals surface area contributed by atoms with Crippen LogP contribution in [0.5, 0.6) is 0 Å². The van der Waals surface area contributed by atoms with Gasteiger partial charge in [0.25, 0.3) is 0 Å². The minimum Gasteiger partial charge on any atom is -0.352 e. The van der Waals surface area contributed by atoms with Gasteiger partial charge >= 0.3 is 0 Å². The fraction of sp³-hybridized carbons (Fsp3) is 0.160. The number of hydrogen-bond donors (Lipinski definition) is 2. The molecule has 33 heavy (non-hydrogen) atoms. The van der Waals surface area contributed by atoms with Crippen LogP contribution < -0.4 is 10.6 Å². The predicted molar refractivity (Wildman–Crippen MR) is 141 cm³/mol. The molecule has 5 rings (SSSR count). The highest BCUT2D eigenvalue weighted by Crippen LogP contribution is 2.41. The van der Waals surface area contributed by atoms with E-state index in [0.29, 0.717) is 18.1 Å². The maximum atomic E-state index is 12.9. The molecule has 1 saturated heterocycles. The van der Waals surface area contributed by atoms with E-state index >= 15 is 0 Å². The topological polar surface area (TPSA) is 57.3 Å². The highest BCUT2D eigenvalue weighted by atomic mass is 79.9. The molecule has 1 aliphatic heterocycles. The largest absolute Gasteiger partial charge is 0.352 e. The molecular formula is C25H21BrN4OS2. The van der Waals surface area contributed by atoms with E-state index in [9.17, 15) is 4.79 Å². The van der Waals surface area contributed by atoms with Crippen molar-refractivity contribution in [3.8, 4) is 0 Å². The fourth-order valence-electron chi connectivity index (χ4n) is 4.21. The van der Waals surface area contributed by atoms with Gasteiger partial charge in [-0.3, -0.25) is 9.78 Å². The van der Waals surface area contributed by atoms with Crippen molar-refractivity contribution in [3.05, 3.63) is 93.4 Å². The van der Waals surface area contributed by atoms with Crippen molar-refractivity contribution in [1.82, 2.24) is 15.2 Å². The van der Waals surface area contributed by atoms with E-state index in [1.165, 1.54) is 4.88 Å². The molecule has 166 valence electrons. The molecule has 8 heteroatoms. The van der Waals surface area contributed by atoms with Gasteiger partial charge in [-0.15, -0.1) is 11.3 Å². The monoisotopic (exact) mass is 536 g/mol. The molecule has 2 N–H and O–H groups in total. The van der Waals surface area contributed by atoms with Crippen molar-refractivity contribution in [2.24, 2.45) is 0 Å². The Bertz CT molecular complexity index is 1300. The van der Waals surface area contributed by atoms with Crippen LogP contribution in [0.3, 0.4) is 0 Å². The van der Waals surface area contributed by atoms with E-state index in [2.05, 4.69) is 47.9 Å². The molecule has 4 aromatic rings. The Labute approximate surface area is 210 Å². The Kier molecular flexibility index (Phi) is 6.39. The highest BCUT2D eigenvalue weighted by Gasteiger charge is 2.40. The van der Waals surface area contributed by atoms with Crippen LogP contribution >= 0.6 is 39.5 Å². The molecule has 5 nitrogen and oxygen atoms in total. The van der Waals surface area contributed by atoms with Gasteiger partial charge in [0.05, 0.1) is 17.8 Å². The molecule has 0 unspecified atom stereocenters. The number of fused-ring (bicyclic) bond motifs is 1. The molecule has 3 heterocycles. The van der Waals surface area contributed by atoms with Crippen LogP contribution in [0.25, 0.3) is 10.8 Å². The number of aromatic nitrogens is 1. The predicted octanol–water partition coefficient (Wildman–Crippen LogP) is 6.06. The van der Waals surface area contributed by atoms with Crippen molar-refractivity contribution < 1.29 is 4.79 Å². The van der Waals surface area contributed by atoms with E-state index in [0.717, 1.165) is 26.6 Å². The Hall–Kier alpha value is -2.81. The number of thiocarbonyl (C=S) groups is 1. The number of carbonyl (C=O) groups is 1. The fourth-order valence-corrected chi connectivity index (χ4v) is 6.13.